The lowest BCUT2D eigenvalue weighted by molar-refractivity contribution is 0.0510. The van der Waals surface area contributed by atoms with Gasteiger partial charge in [0, 0.05) is 0 Å². The number of aromatic carboxylic acids is 2. The average molecular weight is 264 g/mol. The van der Waals surface area contributed by atoms with Crippen molar-refractivity contribution in [1.82, 2.24) is 0 Å². The first kappa shape index (κ1) is 14.4. The van der Waals surface area contributed by atoms with Crippen LogP contribution < -0.4 is 0 Å². The fourth-order valence-electron chi connectivity index (χ4n) is 1.35. The molecule has 0 spiro atoms. The van der Waals surface area contributed by atoms with Crippen molar-refractivity contribution in [2.45, 2.75) is 6.42 Å². The van der Waals surface area contributed by atoms with Crippen LogP contribution in [0.25, 0.3) is 0 Å². The van der Waals surface area contributed by atoms with Crippen LogP contribution in [-0.2, 0) is 4.74 Å². The van der Waals surface area contributed by atoms with E-state index in [0.29, 0.717) is 6.42 Å². The largest absolute Gasteiger partial charge is 0.478 e. The smallest absolute Gasteiger partial charge is 0.338 e. The Hall–Kier alpha value is -2.63. The summed E-state index contributed by atoms with van der Waals surface area (Å²) in [6.07, 6.45) is 2.05. The van der Waals surface area contributed by atoms with Crippen molar-refractivity contribution in [3.63, 3.8) is 0 Å². The second kappa shape index (κ2) is 6.34. The molecule has 0 aliphatic rings. The van der Waals surface area contributed by atoms with Crippen LogP contribution in [0.1, 0.15) is 37.5 Å². The van der Waals surface area contributed by atoms with Gasteiger partial charge in [-0.3, -0.25) is 0 Å². The first-order valence-electron chi connectivity index (χ1n) is 5.36. The highest BCUT2D eigenvalue weighted by atomic mass is 16.5. The van der Waals surface area contributed by atoms with Gasteiger partial charge >= 0.3 is 17.9 Å². The molecule has 1 rings (SSSR count). The van der Waals surface area contributed by atoms with Crippen molar-refractivity contribution >= 4 is 17.9 Å². The third-order valence-corrected chi connectivity index (χ3v) is 2.27. The van der Waals surface area contributed by atoms with Gasteiger partial charge in [0.2, 0.25) is 0 Å². The highest BCUT2D eigenvalue weighted by molar-refractivity contribution is 6.03. The highest BCUT2D eigenvalue weighted by Crippen LogP contribution is 2.13. The summed E-state index contributed by atoms with van der Waals surface area (Å²) in [5.41, 5.74) is -0.840. The lowest BCUT2D eigenvalue weighted by Gasteiger charge is -2.06. The van der Waals surface area contributed by atoms with E-state index in [9.17, 15) is 14.4 Å². The summed E-state index contributed by atoms with van der Waals surface area (Å²) in [5.74, 6) is -3.50. The van der Waals surface area contributed by atoms with E-state index in [1.807, 2.05) is 0 Å². The molecule has 0 bridgehead atoms. The van der Waals surface area contributed by atoms with Gasteiger partial charge in [0.25, 0.3) is 0 Å². The maximum atomic E-state index is 11.6. The van der Waals surface area contributed by atoms with E-state index >= 15 is 0 Å². The van der Waals surface area contributed by atoms with Gasteiger partial charge in [-0.1, -0.05) is 6.08 Å². The number of carbonyl (C=O) groups is 3. The molecule has 0 atom stereocenters. The molecular formula is C13H12O6. The molecule has 19 heavy (non-hydrogen) atoms. The van der Waals surface area contributed by atoms with E-state index in [-0.39, 0.29) is 17.7 Å². The second-order valence-electron chi connectivity index (χ2n) is 3.58. The van der Waals surface area contributed by atoms with Crippen LogP contribution in [-0.4, -0.2) is 34.7 Å². The Morgan fingerprint density at radius 3 is 2.32 bits per heavy atom. The minimum Gasteiger partial charge on any atom is -0.478 e. The lowest BCUT2D eigenvalue weighted by atomic mass is 10.0. The summed E-state index contributed by atoms with van der Waals surface area (Å²) in [6, 6.07) is 3.27. The summed E-state index contributed by atoms with van der Waals surface area (Å²) < 4.78 is 4.85. The van der Waals surface area contributed by atoms with Gasteiger partial charge in [0.05, 0.1) is 23.3 Å². The molecule has 0 fully saturated rings. The maximum absolute atomic E-state index is 11.6. The van der Waals surface area contributed by atoms with Crippen molar-refractivity contribution in [2.75, 3.05) is 6.61 Å². The monoisotopic (exact) mass is 264 g/mol. The number of benzene rings is 1. The number of carboxylic acids is 2. The number of hydrogen-bond acceptors (Lipinski definition) is 4. The Bertz CT molecular complexity index is 532. The van der Waals surface area contributed by atoms with E-state index in [1.54, 1.807) is 6.08 Å². The predicted molar refractivity (Wildman–Crippen MR) is 65.5 cm³/mol. The van der Waals surface area contributed by atoms with Gasteiger partial charge < -0.3 is 14.9 Å². The standard InChI is InChI=1S/C13H12O6/c1-2-3-6-19-13(18)8-4-5-9(11(14)15)10(7-8)12(16)17/h2,4-5,7H,1,3,6H2,(H,14,15)(H,16,17). The molecule has 0 amide bonds. The van der Waals surface area contributed by atoms with E-state index < -0.39 is 23.5 Å². The fourth-order valence-corrected chi connectivity index (χ4v) is 1.35. The number of hydrogen-bond donors (Lipinski definition) is 2. The Labute approximate surface area is 108 Å². The summed E-state index contributed by atoms with van der Waals surface area (Å²) in [5, 5.41) is 17.7. The van der Waals surface area contributed by atoms with Crippen molar-refractivity contribution in [3.05, 3.63) is 47.5 Å². The van der Waals surface area contributed by atoms with Crippen LogP contribution in [0.3, 0.4) is 0 Å². The Balaban J connectivity index is 3.01. The first-order chi connectivity index (χ1) is 8.97. The topological polar surface area (TPSA) is 101 Å². The number of rotatable bonds is 6. The van der Waals surface area contributed by atoms with Gasteiger partial charge in [0.15, 0.2) is 0 Å². The summed E-state index contributed by atoms with van der Waals surface area (Å²) in [6.45, 7) is 3.59. The minimum atomic E-state index is -1.42. The number of carbonyl (C=O) groups excluding carboxylic acids is 1. The van der Waals surface area contributed by atoms with Gasteiger partial charge in [-0.15, -0.1) is 6.58 Å². The van der Waals surface area contributed by atoms with Gasteiger partial charge in [0.1, 0.15) is 0 Å². The Kier molecular flexibility index (Phi) is 4.82. The zero-order valence-electron chi connectivity index (χ0n) is 9.96. The zero-order valence-corrected chi connectivity index (χ0v) is 9.96. The molecule has 0 unspecified atom stereocenters. The third-order valence-electron chi connectivity index (χ3n) is 2.27. The molecule has 0 saturated heterocycles. The summed E-state index contributed by atoms with van der Waals surface area (Å²) >= 11 is 0. The summed E-state index contributed by atoms with van der Waals surface area (Å²) in [7, 11) is 0. The zero-order chi connectivity index (χ0) is 14.4. The molecular weight excluding hydrogens is 252 g/mol. The Morgan fingerprint density at radius 1 is 1.16 bits per heavy atom. The van der Waals surface area contributed by atoms with Crippen molar-refractivity contribution < 1.29 is 29.3 Å². The quantitative estimate of drug-likeness (QED) is 0.461. The third kappa shape index (κ3) is 3.67. The van der Waals surface area contributed by atoms with Crippen molar-refractivity contribution in [1.29, 1.82) is 0 Å². The van der Waals surface area contributed by atoms with Crippen molar-refractivity contribution in [2.24, 2.45) is 0 Å². The number of carboxylic acid groups (broad SMARTS) is 2. The van der Waals surface area contributed by atoms with Crippen LogP contribution in [0.4, 0.5) is 0 Å². The molecule has 0 heterocycles. The lowest BCUT2D eigenvalue weighted by Crippen LogP contribution is -2.12. The van der Waals surface area contributed by atoms with Crippen LogP contribution in [0.5, 0.6) is 0 Å². The van der Waals surface area contributed by atoms with Crippen LogP contribution in [0, 0.1) is 0 Å². The molecule has 100 valence electrons. The van der Waals surface area contributed by atoms with Crippen LogP contribution in [0.15, 0.2) is 30.9 Å². The predicted octanol–water partition coefficient (Wildman–Crippen LogP) is 1.82. The van der Waals surface area contributed by atoms with Crippen molar-refractivity contribution in [3.8, 4) is 0 Å². The molecule has 6 heteroatoms. The van der Waals surface area contributed by atoms with Gasteiger partial charge in [-0.25, -0.2) is 14.4 Å². The molecule has 1 aromatic carbocycles. The van der Waals surface area contributed by atoms with E-state index in [0.717, 1.165) is 12.1 Å². The number of esters is 1. The van der Waals surface area contributed by atoms with E-state index in [2.05, 4.69) is 6.58 Å². The van der Waals surface area contributed by atoms with E-state index in [4.69, 9.17) is 14.9 Å². The molecule has 0 saturated carbocycles. The molecule has 0 aliphatic heterocycles. The van der Waals surface area contributed by atoms with Crippen LogP contribution in [0.2, 0.25) is 0 Å². The normalized spacial score (nSPS) is 9.68. The highest BCUT2D eigenvalue weighted by Gasteiger charge is 2.18. The number of ether oxygens (including phenoxy) is 1. The molecule has 1 aromatic rings. The van der Waals surface area contributed by atoms with Gasteiger partial charge in [-0.05, 0) is 24.6 Å². The average Bonchev–Trinajstić information content (AvgIpc) is 2.38. The first-order valence-corrected chi connectivity index (χ1v) is 5.36. The van der Waals surface area contributed by atoms with Crippen LogP contribution >= 0.6 is 0 Å². The minimum absolute atomic E-state index is 0.00791. The molecule has 0 radical (unpaired) electrons. The molecule has 0 aromatic heterocycles. The second-order valence-corrected chi connectivity index (χ2v) is 3.58. The molecule has 0 aliphatic carbocycles. The SMILES string of the molecule is C=CCCOC(=O)c1ccc(C(=O)O)c(C(=O)O)c1. The van der Waals surface area contributed by atoms with Gasteiger partial charge in [-0.2, -0.15) is 0 Å². The maximum Gasteiger partial charge on any atom is 0.338 e. The summed E-state index contributed by atoms with van der Waals surface area (Å²) in [4.78, 5) is 33.3. The molecule has 2 N–H and O–H groups in total. The fraction of sp³-hybridized carbons (Fsp3) is 0.154. The Morgan fingerprint density at radius 2 is 1.79 bits per heavy atom. The molecule has 6 nitrogen and oxygen atoms in total. The van der Waals surface area contributed by atoms with E-state index in [1.165, 1.54) is 6.07 Å².